The number of aromatic nitrogens is 1. The van der Waals surface area contributed by atoms with Crippen molar-refractivity contribution in [3.8, 4) is 0 Å². The van der Waals surface area contributed by atoms with Crippen molar-refractivity contribution in [2.24, 2.45) is 0 Å². The van der Waals surface area contributed by atoms with Gasteiger partial charge in [0.2, 0.25) is 0 Å². The zero-order chi connectivity index (χ0) is 13.9. The van der Waals surface area contributed by atoms with Crippen LogP contribution in [0.5, 0.6) is 0 Å². The van der Waals surface area contributed by atoms with Gasteiger partial charge < -0.3 is 4.42 Å². The van der Waals surface area contributed by atoms with Gasteiger partial charge in [-0.2, -0.15) is 8.42 Å². The first-order valence-corrected chi connectivity index (χ1v) is 7.32. The fourth-order valence-corrected chi connectivity index (χ4v) is 2.49. The Kier molecular flexibility index (Phi) is 4.24. The quantitative estimate of drug-likeness (QED) is 0.794. The first-order valence-electron chi connectivity index (χ1n) is 5.53. The molecule has 0 saturated heterocycles. The molecule has 2 rings (SSSR count). The zero-order valence-corrected chi connectivity index (χ0v) is 11.7. The van der Waals surface area contributed by atoms with Crippen LogP contribution in [0.15, 0.2) is 39.8 Å². The summed E-state index contributed by atoms with van der Waals surface area (Å²) in [6.45, 7) is 1.87. The molecule has 0 bridgehead atoms. The van der Waals surface area contributed by atoms with Gasteiger partial charge >= 0.3 is 0 Å². The summed E-state index contributed by atoms with van der Waals surface area (Å²) in [5, 5.41) is 0.0244. The molecule has 102 valence electrons. The Morgan fingerprint density at radius 2 is 2.00 bits per heavy atom. The predicted molar refractivity (Wildman–Crippen MR) is 69.5 cm³/mol. The van der Waals surface area contributed by atoms with Crippen LogP contribution in [0.1, 0.15) is 11.3 Å². The van der Waals surface area contributed by atoms with E-state index in [9.17, 15) is 8.42 Å². The molecule has 0 spiro atoms. The highest BCUT2D eigenvalue weighted by Crippen LogP contribution is 2.14. The van der Waals surface area contributed by atoms with Crippen molar-refractivity contribution < 1.29 is 17.0 Å². The molecule has 1 aromatic carbocycles. The van der Waals surface area contributed by atoms with Crippen LogP contribution in [-0.2, 0) is 20.7 Å². The van der Waals surface area contributed by atoms with E-state index in [4.69, 9.17) is 20.2 Å². The maximum absolute atomic E-state index is 11.8. The van der Waals surface area contributed by atoms with Gasteiger partial charge in [0.1, 0.15) is 6.26 Å². The third-order valence-electron chi connectivity index (χ3n) is 2.43. The topological polar surface area (TPSA) is 69.4 Å². The monoisotopic (exact) mass is 301 g/mol. The van der Waals surface area contributed by atoms with Gasteiger partial charge in [-0.1, -0.05) is 17.7 Å². The third kappa shape index (κ3) is 3.79. The van der Waals surface area contributed by atoms with E-state index >= 15 is 0 Å². The van der Waals surface area contributed by atoms with Crippen LogP contribution < -0.4 is 0 Å². The number of nitrogens with zero attached hydrogens (tertiary/aromatic N) is 1. The fourth-order valence-electron chi connectivity index (χ4n) is 1.43. The number of halogens is 1. The average molecular weight is 302 g/mol. The molecule has 19 heavy (non-hydrogen) atoms. The molecule has 0 aliphatic carbocycles. The van der Waals surface area contributed by atoms with E-state index in [1.54, 1.807) is 12.1 Å². The molecule has 0 radical (unpaired) electrons. The van der Waals surface area contributed by atoms with E-state index in [0.29, 0.717) is 12.1 Å². The number of hydrogen-bond donors (Lipinski definition) is 0. The average Bonchev–Trinajstić information content (AvgIpc) is 2.75. The molecule has 1 aromatic heterocycles. The molecular formula is C12H12ClNO4S. The predicted octanol–water partition coefficient (Wildman–Crippen LogP) is 2.58. The summed E-state index contributed by atoms with van der Waals surface area (Å²) in [6, 6.07) is 6.45. The normalized spacial score (nSPS) is 11.7. The summed E-state index contributed by atoms with van der Waals surface area (Å²) in [6.07, 6.45) is 1.67. The molecule has 2 aromatic rings. The van der Waals surface area contributed by atoms with Gasteiger partial charge in [-0.05, 0) is 30.7 Å². The zero-order valence-electron chi connectivity index (χ0n) is 10.2. The Balaban J connectivity index is 1.96. The Hall–Kier alpha value is -1.37. The van der Waals surface area contributed by atoms with Crippen molar-refractivity contribution in [3.05, 3.63) is 47.1 Å². The second kappa shape index (κ2) is 5.73. The van der Waals surface area contributed by atoms with Crippen LogP contribution in [0.3, 0.4) is 0 Å². The number of hydrogen-bond acceptors (Lipinski definition) is 5. The minimum Gasteiger partial charge on any atom is -0.436 e. The molecule has 0 aliphatic heterocycles. The lowest BCUT2D eigenvalue weighted by atomic mass is 10.2. The number of aryl methyl sites for hydroxylation is 1. The van der Waals surface area contributed by atoms with Crippen LogP contribution in [0.25, 0.3) is 0 Å². The maximum atomic E-state index is 11.8. The van der Waals surface area contributed by atoms with Gasteiger partial charge in [-0.25, -0.2) is 4.98 Å². The van der Waals surface area contributed by atoms with Gasteiger partial charge in [-0.15, -0.1) is 0 Å². The highest BCUT2D eigenvalue weighted by atomic mass is 35.5. The van der Waals surface area contributed by atoms with Crippen molar-refractivity contribution in [2.75, 3.05) is 6.61 Å². The van der Waals surface area contributed by atoms with Crippen LogP contribution >= 0.6 is 11.6 Å². The van der Waals surface area contributed by atoms with Gasteiger partial charge in [0.25, 0.3) is 15.5 Å². The van der Waals surface area contributed by atoms with Crippen molar-refractivity contribution >= 4 is 21.7 Å². The lowest BCUT2D eigenvalue weighted by Crippen LogP contribution is -2.09. The largest absolute Gasteiger partial charge is 0.436 e. The molecule has 0 amide bonds. The molecular weight excluding hydrogens is 290 g/mol. The molecule has 1 heterocycles. The SMILES string of the molecule is Cc1ccc(S(=O)(=O)OCCc2coc(Cl)n2)cc1. The van der Waals surface area contributed by atoms with Gasteiger partial charge in [0.15, 0.2) is 0 Å². The number of rotatable bonds is 5. The number of oxazole rings is 1. The Labute approximate surface area is 116 Å². The Bertz CT molecular complexity index is 649. The first-order chi connectivity index (χ1) is 8.97. The van der Waals surface area contributed by atoms with Crippen LogP contribution in [0, 0.1) is 6.92 Å². The molecule has 0 fully saturated rings. The highest BCUT2D eigenvalue weighted by molar-refractivity contribution is 7.86. The summed E-state index contributed by atoms with van der Waals surface area (Å²) in [7, 11) is -3.73. The molecule has 0 N–H and O–H groups in total. The Morgan fingerprint density at radius 3 is 2.58 bits per heavy atom. The van der Waals surface area contributed by atoms with E-state index < -0.39 is 10.1 Å². The van der Waals surface area contributed by atoms with E-state index in [-0.39, 0.29) is 16.9 Å². The smallest absolute Gasteiger partial charge is 0.296 e. The molecule has 7 heteroatoms. The molecule has 0 aliphatic rings. The fraction of sp³-hybridized carbons (Fsp3) is 0.250. The minimum absolute atomic E-state index is 0.0148. The van der Waals surface area contributed by atoms with E-state index in [1.165, 1.54) is 18.4 Å². The second-order valence-electron chi connectivity index (χ2n) is 3.93. The summed E-state index contributed by atoms with van der Waals surface area (Å²) in [5.74, 6) is 0. The van der Waals surface area contributed by atoms with Crippen molar-refractivity contribution in [1.82, 2.24) is 4.98 Å². The first kappa shape index (κ1) is 14.0. The van der Waals surface area contributed by atoms with E-state index in [1.807, 2.05) is 6.92 Å². The molecule has 5 nitrogen and oxygen atoms in total. The lowest BCUT2D eigenvalue weighted by Gasteiger charge is -2.04. The summed E-state index contributed by atoms with van der Waals surface area (Å²) in [4.78, 5) is 3.97. The van der Waals surface area contributed by atoms with Crippen LogP contribution in [0.4, 0.5) is 0 Å². The maximum Gasteiger partial charge on any atom is 0.296 e. The third-order valence-corrected chi connectivity index (χ3v) is 3.93. The minimum atomic E-state index is -3.73. The van der Waals surface area contributed by atoms with Crippen LogP contribution in [0.2, 0.25) is 5.35 Å². The molecule has 0 atom stereocenters. The van der Waals surface area contributed by atoms with E-state index in [2.05, 4.69) is 4.98 Å². The molecule has 0 saturated carbocycles. The van der Waals surface area contributed by atoms with Gasteiger partial charge in [-0.3, -0.25) is 4.18 Å². The van der Waals surface area contributed by atoms with Crippen LogP contribution in [-0.4, -0.2) is 20.0 Å². The van der Waals surface area contributed by atoms with E-state index in [0.717, 1.165) is 5.56 Å². The van der Waals surface area contributed by atoms with Crippen molar-refractivity contribution in [1.29, 1.82) is 0 Å². The summed E-state index contributed by atoms with van der Waals surface area (Å²) in [5.41, 5.74) is 1.53. The summed E-state index contributed by atoms with van der Waals surface area (Å²) >= 11 is 5.50. The second-order valence-corrected chi connectivity index (χ2v) is 5.87. The standard InChI is InChI=1S/C12H12ClNO4S/c1-9-2-4-11(5-3-9)19(15,16)18-7-6-10-8-17-12(13)14-10/h2-5,8H,6-7H2,1H3. The number of benzene rings is 1. The van der Waals surface area contributed by atoms with Gasteiger partial charge in [0, 0.05) is 6.42 Å². The lowest BCUT2D eigenvalue weighted by molar-refractivity contribution is 0.320. The van der Waals surface area contributed by atoms with Crippen molar-refractivity contribution in [2.45, 2.75) is 18.2 Å². The summed E-state index contributed by atoms with van der Waals surface area (Å²) < 4.78 is 33.4. The Morgan fingerprint density at radius 1 is 1.32 bits per heavy atom. The van der Waals surface area contributed by atoms with Gasteiger partial charge in [0.05, 0.1) is 17.2 Å². The highest BCUT2D eigenvalue weighted by Gasteiger charge is 2.15. The van der Waals surface area contributed by atoms with Crippen molar-refractivity contribution in [3.63, 3.8) is 0 Å². The molecule has 0 unspecified atom stereocenters.